The monoisotopic (exact) mass is 283 g/mol. The second-order valence-electron chi connectivity index (χ2n) is 5.36. The molecule has 2 fully saturated rings. The summed E-state index contributed by atoms with van der Waals surface area (Å²) in [5.41, 5.74) is 5.76. The Labute approximate surface area is 119 Å². The van der Waals surface area contributed by atoms with E-state index < -0.39 is 0 Å². The second-order valence-corrected chi connectivity index (χ2v) is 5.36. The van der Waals surface area contributed by atoms with Gasteiger partial charge >= 0.3 is 0 Å². The van der Waals surface area contributed by atoms with Crippen molar-refractivity contribution in [3.63, 3.8) is 0 Å². The molecule has 0 aromatic rings. The third-order valence-corrected chi connectivity index (χ3v) is 3.93. The van der Waals surface area contributed by atoms with Gasteiger partial charge in [-0.2, -0.15) is 0 Å². The molecule has 0 bridgehead atoms. The predicted molar refractivity (Wildman–Crippen MR) is 75.5 cm³/mol. The molecule has 0 aromatic carbocycles. The van der Waals surface area contributed by atoms with Crippen molar-refractivity contribution in [1.82, 2.24) is 26.8 Å². The van der Waals surface area contributed by atoms with Crippen LogP contribution in [0.2, 0.25) is 0 Å². The average Bonchev–Trinajstić information content (AvgIpc) is 2.49. The summed E-state index contributed by atoms with van der Waals surface area (Å²) in [6, 6.07) is -0.0951. The maximum atomic E-state index is 11.7. The molecule has 0 aliphatic carbocycles. The first-order chi connectivity index (χ1) is 9.72. The van der Waals surface area contributed by atoms with Crippen LogP contribution in [0.1, 0.15) is 32.6 Å². The van der Waals surface area contributed by atoms with Gasteiger partial charge in [0, 0.05) is 18.9 Å². The molecule has 0 saturated carbocycles. The highest BCUT2D eigenvalue weighted by atomic mass is 16.2. The SMILES string of the molecule is CCC(=O)NCCCNC1NNC(=O)C2NCCCC12. The van der Waals surface area contributed by atoms with Crippen molar-refractivity contribution >= 4 is 11.8 Å². The van der Waals surface area contributed by atoms with E-state index in [1.54, 1.807) is 0 Å². The van der Waals surface area contributed by atoms with E-state index in [4.69, 9.17) is 0 Å². The zero-order valence-corrected chi connectivity index (χ0v) is 12.0. The molecule has 0 aromatic heterocycles. The first-order valence-electron chi connectivity index (χ1n) is 7.51. The van der Waals surface area contributed by atoms with Crippen LogP contribution in [0.5, 0.6) is 0 Å². The first kappa shape index (κ1) is 15.2. The number of carbonyl (C=O) groups excluding carboxylic acids is 2. The van der Waals surface area contributed by atoms with Crippen LogP contribution >= 0.6 is 0 Å². The molecule has 20 heavy (non-hydrogen) atoms. The molecule has 114 valence electrons. The van der Waals surface area contributed by atoms with E-state index in [-0.39, 0.29) is 29.9 Å². The maximum absolute atomic E-state index is 11.7. The van der Waals surface area contributed by atoms with E-state index in [0.29, 0.717) is 13.0 Å². The highest BCUT2D eigenvalue weighted by molar-refractivity contribution is 5.82. The molecule has 7 heteroatoms. The molecular formula is C13H25N5O2. The van der Waals surface area contributed by atoms with Crippen molar-refractivity contribution in [2.45, 2.75) is 44.8 Å². The van der Waals surface area contributed by atoms with E-state index in [9.17, 15) is 9.59 Å². The molecule has 2 aliphatic rings. The summed E-state index contributed by atoms with van der Waals surface area (Å²) in [7, 11) is 0. The van der Waals surface area contributed by atoms with Crippen LogP contribution in [-0.2, 0) is 9.59 Å². The van der Waals surface area contributed by atoms with Gasteiger partial charge in [0.05, 0.1) is 12.2 Å². The van der Waals surface area contributed by atoms with Gasteiger partial charge in [-0.25, -0.2) is 5.43 Å². The topological polar surface area (TPSA) is 94.3 Å². The first-order valence-corrected chi connectivity index (χ1v) is 7.51. The Bertz CT molecular complexity index is 350. The molecule has 2 rings (SSSR count). The summed E-state index contributed by atoms with van der Waals surface area (Å²) in [5.74, 6) is 0.398. The molecular weight excluding hydrogens is 258 g/mol. The highest BCUT2D eigenvalue weighted by Crippen LogP contribution is 2.21. The number of piperidine rings is 1. The lowest BCUT2D eigenvalue weighted by Gasteiger charge is -2.41. The molecule has 7 nitrogen and oxygen atoms in total. The normalized spacial score (nSPS) is 29.4. The molecule has 2 saturated heterocycles. The van der Waals surface area contributed by atoms with Crippen molar-refractivity contribution in [2.24, 2.45) is 5.92 Å². The van der Waals surface area contributed by atoms with Crippen molar-refractivity contribution < 1.29 is 9.59 Å². The molecule has 0 radical (unpaired) electrons. The number of fused-ring (bicyclic) bond motifs is 1. The van der Waals surface area contributed by atoms with Gasteiger partial charge in [0.1, 0.15) is 0 Å². The number of amides is 2. The number of rotatable bonds is 6. The lowest BCUT2D eigenvalue weighted by Crippen LogP contribution is -2.70. The van der Waals surface area contributed by atoms with Crippen LogP contribution in [0.25, 0.3) is 0 Å². The van der Waals surface area contributed by atoms with Gasteiger partial charge in [-0.1, -0.05) is 6.92 Å². The lowest BCUT2D eigenvalue weighted by atomic mass is 9.86. The van der Waals surface area contributed by atoms with Crippen molar-refractivity contribution in [2.75, 3.05) is 19.6 Å². The minimum absolute atomic E-state index is 0.0305. The molecule has 2 heterocycles. The second kappa shape index (κ2) is 7.56. The number of hydrazine groups is 1. The third kappa shape index (κ3) is 3.91. The Morgan fingerprint density at radius 3 is 3.05 bits per heavy atom. The number of carbonyl (C=O) groups is 2. The van der Waals surface area contributed by atoms with Crippen LogP contribution in [0.15, 0.2) is 0 Å². The summed E-state index contributed by atoms with van der Waals surface area (Å²) >= 11 is 0. The lowest BCUT2D eigenvalue weighted by molar-refractivity contribution is -0.130. The van der Waals surface area contributed by atoms with E-state index in [0.717, 1.165) is 32.4 Å². The van der Waals surface area contributed by atoms with Crippen LogP contribution in [0.3, 0.4) is 0 Å². The summed E-state index contributed by atoms with van der Waals surface area (Å²) in [6.07, 6.45) is 3.64. The molecule has 3 atom stereocenters. The van der Waals surface area contributed by atoms with Crippen LogP contribution < -0.4 is 26.8 Å². The fourth-order valence-electron chi connectivity index (χ4n) is 2.79. The van der Waals surface area contributed by atoms with E-state index in [2.05, 4.69) is 26.8 Å². The molecule has 3 unspecified atom stereocenters. The van der Waals surface area contributed by atoms with E-state index in [1.165, 1.54) is 0 Å². The molecule has 5 N–H and O–H groups in total. The standard InChI is InChI=1S/C13H25N5O2/c1-2-10(19)14-7-4-8-16-12-9-5-3-6-15-11(9)13(20)18-17-12/h9,11-12,15-17H,2-8H2,1H3,(H,14,19)(H,18,20). The Kier molecular flexibility index (Phi) is 5.75. The molecule has 0 spiro atoms. The van der Waals surface area contributed by atoms with Gasteiger partial charge in [0.15, 0.2) is 0 Å². The minimum atomic E-state index is -0.0951. The Morgan fingerprint density at radius 2 is 2.25 bits per heavy atom. The van der Waals surface area contributed by atoms with E-state index >= 15 is 0 Å². The predicted octanol–water partition coefficient (Wildman–Crippen LogP) is -1.18. The van der Waals surface area contributed by atoms with Gasteiger partial charge in [0.2, 0.25) is 5.91 Å². The highest BCUT2D eigenvalue weighted by Gasteiger charge is 2.39. The Morgan fingerprint density at radius 1 is 1.40 bits per heavy atom. The summed E-state index contributed by atoms with van der Waals surface area (Å²) in [6.45, 7) is 4.24. The van der Waals surface area contributed by atoms with Gasteiger partial charge in [0.25, 0.3) is 5.91 Å². The Balaban J connectivity index is 1.69. The van der Waals surface area contributed by atoms with Gasteiger partial charge in [-0.05, 0) is 32.4 Å². The largest absolute Gasteiger partial charge is 0.356 e. The zero-order chi connectivity index (χ0) is 14.4. The van der Waals surface area contributed by atoms with Crippen molar-refractivity contribution in [3.8, 4) is 0 Å². The number of nitrogens with one attached hydrogen (secondary N) is 5. The molecule has 2 amide bonds. The van der Waals surface area contributed by atoms with Crippen molar-refractivity contribution in [1.29, 1.82) is 0 Å². The van der Waals surface area contributed by atoms with Gasteiger partial charge in [-0.15, -0.1) is 0 Å². The van der Waals surface area contributed by atoms with Gasteiger partial charge in [-0.3, -0.25) is 15.0 Å². The third-order valence-electron chi connectivity index (χ3n) is 3.93. The zero-order valence-electron chi connectivity index (χ0n) is 12.0. The average molecular weight is 283 g/mol. The quantitative estimate of drug-likeness (QED) is 0.396. The summed E-state index contributed by atoms with van der Waals surface area (Å²) in [5, 5.41) is 9.54. The Hall–Kier alpha value is -1.18. The van der Waals surface area contributed by atoms with Crippen molar-refractivity contribution in [3.05, 3.63) is 0 Å². The van der Waals surface area contributed by atoms with Crippen LogP contribution in [-0.4, -0.2) is 43.7 Å². The van der Waals surface area contributed by atoms with E-state index in [1.807, 2.05) is 6.92 Å². The van der Waals surface area contributed by atoms with Crippen LogP contribution in [0.4, 0.5) is 0 Å². The minimum Gasteiger partial charge on any atom is -0.356 e. The fourth-order valence-corrected chi connectivity index (χ4v) is 2.79. The number of hydrogen-bond donors (Lipinski definition) is 5. The fraction of sp³-hybridized carbons (Fsp3) is 0.846. The molecule has 2 aliphatic heterocycles. The smallest absolute Gasteiger partial charge is 0.251 e. The summed E-state index contributed by atoms with van der Waals surface area (Å²) in [4.78, 5) is 22.8. The summed E-state index contributed by atoms with van der Waals surface area (Å²) < 4.78 is 0. The van der Waals surface area contributed by atoms with Crippen LogP contribution in [0, 0.1) is 5.92 Å². The maximum Gasteiger partial charge on any atom is 0.251 e. The van der Waals surface area contributed by atoms with Gasteiger partial charge < -0.3 is 16.0 Å². The number of hydrogen-bond acceptors (Lipinski definition) is 5.